The number of hydrogen-bond acceptors (Lipinski definition) is 0. The normalized spacial score (nSPS) is 41.0. The minimum absolute atomic E-state index is 0.819. The summed E-state index contributed by atoms with van der Waals surface area (Å²) >= 11 is 1.64. The first-order valence-electron chi connectivity index (χ1n) is 2.61. The van der Waals surface area contributed by atoms with Crippen molar-refractivity contribution in [2.75, 3.05) is 0 Å². The van der Waals surface area contributed by atoms with Crippen molar-refractivity contribution in [3.63, 3.8) is 0 Å². The summed E-state index contributed by atoms with van der Waals surface area (Å²) in [4.78, 5) is 6.71. The average molecular weight is 236 g/mol. The zero-order chi connectivity index (χ0) is 5.40. The van der Waals surface area contributed by atoms with Gasteiger partial charge in [0.2, 0.25) is 0 Å². The molecule has 0 saturated heterocycles. The van der Waals surface area contributed by atoms with Crippen molar-refractivity contribution in [1.29, 1.82) is 0 Å². The molecular weight excluding hydrogens is 230 g/mol. The first-order valence-corrected chi connectivity index (χ1v) is 6.57. The fourth-order valence-corrected chi connectivity index (χ4v) is 6.89. The van der Waals surface area contributed by atoms with E-state index in [0.717, 1.165) is 39.5 Å². The van der Waals surface area contributed by atoms with Crippen LogP contribution in [-0.4, -0.2) is 29.9 Å². The Kier molecular flexibility index (Phi) is 1.35. The van der Waals surface area contributed by atoms with Crippen LogP contribution in [0.3, 0.4) is 0 Å². The zero-order valence-electron chi connectivity index (χ0n) is 4.28. The van der Waals surface area contributed by atoms with Gasteiger partial charge in [-0.05, 0) is 0 Å². The van der Waals surface area contributed by atoms with Crippen LogP contribution >= 0.6 is 0 Å². The Labute approximate surface area is 61.7 Å². The molecule has 2 heteroatoms. The Morgan fingerprint density at radius 2 is 1.38 bits per heavy atom. The summed E-state index contributed by atoms with van der Waals surface area (Å²) in [5.74, 6) is 0. The fraction of sp³-hybridized carbons (Fsp3) is 0.333. The van der Waals surface area contributed by atoms with Gasteiger partial charge in [-0.15, -0.1) is 0 Å². The van der Waals surface area contributed by atoms with Gasteiger partial charge in [0.1, 0.15) is 0 Å². The molecule has 0 N–H and O–H groups in total. The van der Waals surface area contributed by atoms with Crippen molar-refractivity contribution in [2.45, 2.75) is 9.63 Å². The summed E-state index contributed by atoms with van der Waals surface area (Å²) in [6.45, 7) is 0. The van der Waals surface area contributed by atoms with E-state index in [1.807, 2.05) is 0 Å². The third-order valence-corrected chi connectivity index (χ3v) is 6.73. The minimum atomic E-state index is 0.819. The van der Waals surface area contributed by atoms with Gasteiger partial charge in [-0.1, -0.05) is 0 Å². The molecule has 42 valence electrons. The van der Waals surface area contributed by atoms with Gasteiger partial charge in [-0.25, -0.2) is 0 Å². The quantitative estimate of drug-likeness (QED) is 0.551. The number of allylic oxidation sites excluding steroid dienone is 2. The monoisotopic (exact) mass is 238 g/mol. The van der Waals surface area contributed by atoms with E-state index < -0.39 is 0 Å². The first kappa shape index (κ1) is 5.32. The number of rotatable bonds is 0. The fourth-order valence-electron chi connectivity index (χ4n) is 0.892. The van der Waals surface area contributed by atoms with Crippen LogP contribution in [-0.2, 0) is 0 Å². The van der Waals surface area contributed by atoms with Crippen LogP contribution in [0.15, 0.2) is 22.1 Å². The first-order chi connectivity index (χ1) is 3.97. The molecule has 0 aromatic heterocycles. The van der Waals surface area contributed by atoms with E-state index in [4.69, 9.17) is 0 Å². The summed E-state index contributed by atoms with van der Waals surface area (Å²) in [6.07, 6.45) is 4.81. The second kappa shape index (κ2) is 2.04. The second-order valence-corrected chi connectivity index (χ2v) is 6.43. The maximum absolute atomic E-state index is 2.41. The van der Waals surface area contributed by atoms with E-state index in [2.05, 4.69) is 22.1 Å². The van der Waals surface area contributed by atoms with Gasteiger partial charge < -0.3 is 0 Å². The molecule has 0 aromatic carbocycles. The molecule has 2 aliphatic heterocycles. The van der Waals surface area contributed by atoms with E-state index in [0.29, 0.717) is 0 Å². The topological polar surface area (TPSA) is 0 Å². The Morgan fingerprint density at radius 1 is 0.875 bits per heavy atom. The van der Waals surface area contributed by atoms with Crippen LogP contribution in [0.25, 0.3) is 0 Å². The predicted molar refractivity (Wildman–Crippen MR) is 37.3 cm³/mol. The molecule has 2 atom stereocenters. The molecule has 0 radical (unpaired) electrons. The van der Waals surface area contributed by atoms with Gasteiger partial charge in [0.15, 0.2) is 0 Å². The van der Waals surface area contributed by atoms with Gasteiger partial charge in [-0.2, -0.15) is 0 Å². The molecule has 0 bridgehead atoms. The van der Waals surface area contributed by atoms with Crippen LogP contribution in [0.2, 0.25) is 9.63 Å². The Balaban J connectivity index is 2.20. The molecule has 0 aromatic rings. The Morgan fingerprint density at radius 3 is 1.88 bits per heavy atom. The molecule has 0 nitrogen and oxygen atoms in total. The summed E-state index contributed by atoms with van der Waals surface area (Å²) in [7, 11) is 0. The number of hydrogen-bond donors (Lipinski definition) is 0. The third-order valence-electron chi connectivity index (χ3n) is 1.33. The van der Waals surface area contributed by atoms with E-state index in [9.17, 15) is 0 Å². The molecule has 0 fully saturated rings. The van der Waals surface area contributed by atoms with Crippen LogP contribution in [0, 0.1) is 0 Å². The molecular formula is C6H6Se2. The summed E-state index contributed by atoms with van der Waals surface area (Å²) < 4.78 is 0. The van der Waals surface area contributed by atoms with Gasteiger partial charge in [-0.3, -0.25) is 0 Å². The van der Waals surface area contributed by atoms with E-state index >= 15 is 0 Å². The molecule has 0 aliphatic carbocycles. The molecule has 8 heavy (non-hydrogen) atoms. The van der Waals surface area contributed by atoms with Gasteiger partial charge in [0.05, 0.1) is 0 Å². The maximum atomic E-state index is 2.41. The molecule has 0 spiro atoms. The Hall–Kier alpha value is 0.519. The molecule has 0 amide bonds. The van der Waals surface area contributed by atoms with Crippen molar-refractivity contribution in [1.82, 2.24) is 0 Å². The van der Waals surface area contributed by atoms with Crippen LogP contribution < -0.4 is 0 Å². The number of fused-ring (bicyclic) bond motifs is 1. The molecule has 0 saturated carbocycles. The van der Waals surface area contributed by atoms with Crippen molar-refractivity contribution in [3.05, 3.63) is 22.1 Å². The van der Waals surface area contributed by atoms with Crippen LogP contribution in [0.4, 0.5) is 0 Å². The molecule has 2 rings (SSSR count). The third kappa shape index (κ3) is 0.728. The van der Waals surface area contributed by atoms with E-state index in [1.54, 1.807) is 0 Å². The van der Waals surface area contributed by atoms with E-state index in [1.165, 1.54) is 0 Å². The van der Waals surface area contributed by atoms with Crippen molar-refractivity contribution >= 4 is 29.9 Å². The van der Waals surface area contributed by atoms with E-state index in [-0.39, 0.29) is 0 Å². The van der Waals surface area contributed by atoms with Gasteiger partial charge in [0.25, 0.3) is 0 Å². The predicted octanol–water partition coefficient (Wildman–Crippen LogP) is 1.03. The SMILES string of the molecule is C1=CC2[Se]C=CC2[Se]1. The van der Waals surface area contributed by atoms with Crippen molar-refractivity contribution in [2.24, 2.45) is 0 Å². The van der Waals surface area contributed by atoms with Crippen molar-refractivity contribution in [3.8, 4) is 0 Å². The molecule has 2 heterocycles. The second-order valence-electron chi connectivity index (χ2n) is 1.86. The van der Waals surface area contributed by atoms with Crippen LogP contribution in [0.5, 0.6) is 0 Å². The summed E-state index contributed by atoms with van der Waals surface area (Å²) in [5, 5.41) is 0. The van der Waals surface area contributed by atoms with Crippen molar-refractivity contribution < 1.29 is 0 Å². The van der Waals surface area contributed by atoms with Crippen LogP contribution in [0.1, 0.15) is 0 Å². The molecule has 2 aliphatic rings. The zero-order valence-corrected chi connectivity index (χ0v) is 7.71. The summed E-state index contributed by atoms with van der Waals surface area (Å²) in [5.41, 5.74) is 0. The molecule has 2 unspecified atom stereocenters. The van der Waals surface area contributed by atoms with Gasteiger partial charge >= 0.3 is 61.6 Å². The standard InChI is InChI=1S/C6H6Se2/c1-3-7-6-2-4-8-5(1)6/h1-6H. The summed E-state index contributed by atoms with van der Waals surface area (Å²) in [6, 6.07) is 0. The average Bonchev–Trinajstić information content (AvgIpc) is 2.15. The van der Waals surface area contributed by atoms with Gasteiger partial charge in [0, 0.05) is 0 Å². The Bertz CT molecular complexity index is 131.